The van der Waals surface area contributed by atoms with Crippen LogP contribution in [-0.2, 0) is 40.2 Å². The van der Waals surface area contributed by atoms with E-state index >= 15 is 0 Å². The van der Waals surface area contributed by atoms with Crippen molar-refractivity contribution < 1.29 is 67.8 Å². The number of anilines is 10. The van der Waals surface area contributed by atoms with Crippen molar-refractivity contribution in [3.05, 3.63) is 96.1 Å². The van der Waals surface area contributed by atoms with Crippen LogP contribution in [0.3, 0.4) is 0 Å². The van der Waals surface area contributed by atoms with Crippen LogP contribution in [0.5, 0.6) is 0 Å². The average molecular weight is 1080 g/mol. The SMILES string of the molecule is CS(=O)(=O)c1cc(Nc2nc(Nc3ccc(S(=O)(=O)O)cc3)nc(N(CCO)CCO)n2)ccc1/C=C/c1ccc(Nc2nc(Nc3ccc(S(=O)(=O)O)cc3)nc(N(CCO)CCO)n2)cc1S(=O)(=O)O. The Morgan fingerprint density at radius 1 is 0.431 bits per heavy atom. The summed E-state index contributed by atoms with van der Waals surface area (Å²) in [6, 6.07) is 17.6. The smallest absolute Gasteiger partial charge is 0.295 e. The van der Waals surface area contributed by atoms with Crippen molar-refractivity contribution in [2.75, 3.05) is 89.9 Å². The fourth-order valence-corrected chi connectivity index (χ4v) is 9.08. The van der Waals surface area contributed by atoms with Gasteiger partial charge in [0, 0.05) is 55.2 Å². The van der Waals surface area contributed by atoms with Gasteiger partial charge in [-0.15, -0.1) is 0 Å². The van der Waals surface area contributed by atoms with Crippen LogP contribution in [0, 0.1) is 0 Å². The topological polar surface area (TPSA) is 410 Å². The Hall–Kier alpha value is -7.04. The van der Waals surface area contributed by atoms with Gasteiger partial charge in [-0.2, -0.15) is 55.2 Å². The summed E-state index contributed by atoms with van der Waals surface area (Å²) in [6.45, 7) is -1.51. The summed E-state index contributed by atoms with van der Waals surface area (Å²) >= 11 is 0. The van der Waals surface area contributed by atoms with Gasteiger partial charge in [0.15, 0.2) is 9.84 Å². The number of hydrogen-bond acceptors (Lipinski definition) is 24. The van der Waals surface area contributed by atoms with E-state index in [0.717, 1.165) is 36.6 Å². The molecule has 2 aromatic heterocycles. The lowest BCUT2D eigenvalue weighted by atomic mass is 10.1. The van der Waals surface area contributed by atoms with Gasteiger partial charge < -0.3 is 51.5 Å². The van der Waals surface area contributed by atoms with Crippen LogP contribution >= 0.6 is 0 Å². The molecule has 0 saturated heterocycles. The Labute approximate surface area is 412 Å². The van der Waals surface area contributed by atoms with Crippen molar-refractivity contribution in [2.45, 2.75) is 19.6 Å². The minimum Gasteiger partial charge on any atom is -0.395 e. The van der Waals surface area contributed by atoms with E-state index in [1.54, 1.807) is 0 Å². The Balaban J connectivity index is 1.31. The molecule has 0 aliphatic heterocycles. The van der Waals surface area contributed by atoms with Crippen molar-refractivity contribution in [3.8, 4) is 0 Å². The fourth-order valence-electron chi connectivity index (χ4n) is 6.50. The third kappa shape index (κ3) is 14.8. The summed E-state index contributed by atoms with van der Waals surface area (Å²) < 4.78 is 127. The first-order valence-electron chi connectivity index (χ1n) is 20.8. The van der Waals surface area contributed by atoms with Crippen LogP contribution in [0.25, 0.3) is 12.2 Å². The van der Waals surface area contributed by atoms with Crippen molar-refractivity contribution in [1.82, 2.24) is 29.9 Å². The summed E-state index contributed by atoms with van der Waals surface area (Å²) in [6.07, 6.45) is 3.48. The molecule has 0 bridgehead atoms. The molecule has 0 radical (unpaired) electrons. The number of nitrogens with one attached hydrogen (secondary N) is 4. The number of benzene rings is 4. The Bertz CT molecular complexity index is 3160. The third-order valence-corrected chi connectivity index (χ3v) is 13.6. The van der Waals surface area contributed by atoms with E-state index in [4.69, 9.17) is 0 Å². The predicted octanol–water partition coefficient (Wildman–Crippen LogP) is 1.93. The fraction of sp³-hybridized carbons (Fsp3) is 0.220. The molecule has 0 spiro atoms. The van der Waals surface area contributed by atoms with E-state index < -0.39 is 45.1 Å². The lowest BCUT2D eigenvalue weighted by Crippen LogP contribution is -2.31. The lowest BCUT2D eigenvalue weighted by molar-refractivity contribution is 0.279. The maximum atomic E-state index is 13.2. The minimum absolute atomic E-state index is 0.0108. The Morgan fingerprint density at radius 2 is 0.736 bits per heavy atom. The van der Waals surface area contributed by atoms with Crippen molar-refractivity contribution in [2.24, 2.45) is 0 Å². The maximum Gasteiger partial charge on any atom is 0.295 e. The molecule has 0 amide bonds. The molecule has 0 aliphatic carbocycles. The molecule has 31 heteroatoms. The summed E-state index contributed by atoms with van der Waals surface area (Å²) in [7, 11) is -18.0. The highest BCUT2D eigenvalue weighted by molar-refractivity contribution is 7.90. The van der Waals surface area contributed by atoms with E-state index in [1.165, 1.54) is 76.5 Å². The van der Waals surface area contributed by atoms with E-state index in [9.17, 15) is 67.8 Å². The molecular weight excluding hydrogens is 1030 g/mol. The first-order valence-corrected chi connectivity index (χ1v) is 27.0. The minimum atomic E-state index is -4.98. The Morgan fingerprint density at radius 3 is 1.04 bits per heavy atom. The van der Waals surface area contributed by atoms with Crippen LogP contribution in [0.2, 0.25) is 0 Å². The molecular formula is C41H46N12O15S4. The van der Waals surface area contributed by atoms with Gasteiger partial charge in [-0.05, 0) is 83.9 Å². The van der Waals surface area contributed by atoms with E-state index in [2.05, 4.69) is 51.2 Å². The van der Waals surface area contributed by atoms with E-state index in [-0.39, 0.29) is 137 Å². The molecule has 0 atom stereocenters. The van der Waals surface area contributed by atoms with Crippen molar-refractivity contribution in [3.63, 3.8) is 0 Å². The highest BCUT2D eigenvalue weighted by Gasteiger charge is 2.21. The average Bonchev–Trinajstić information content (AvgIpc) is 3.30. The second-order valence-corrected chi connectivity index (χ2v) is 21.2. The number of aliphatic hydroxyl groups excluding tert-OH is 4. The highest BCUT2D eigenvalue weighted by atomic mass is 32.2. The monoisotopic (exact) mass is 1070 g/mol. The Kier molecular flexibility index (Phi) is 17.4. The second-order valence-electron chi connectivity index (χ2n) is 15.0. The van der Waals surface area contributed by atoms with Crippen LogP contribution in [0.4, 0.5) is 58.4 Å². The first kappa shape index (κ1) is 54.3. The van der Waals surface area contributed by atoms with Crippen LogP contribution in [-0.4, -0.2) is 157 Å². The quantitative estimate of drug-likeness (QED) is 0.0305. The molecule has 0 fully saturated rings. The highest BCUT2D eigenvalue weighted by Crippen LogP contribution is 2.30. The number of rotatable bonds is 24. The maximum absolute atomic E-state index is 13.2. The van der Waals surface area contributed by atoms with Crippen molar-refractivity contribution in [1.29, 1.82) is 0 Å². The number of aliphatic hydroxyl groups is 4. The zero-order valence-electron chi connectivity index (χ0n) is 37.5. The van der Waals surface area contributed by atoms with Gasteiger partial charge >= 0.3 is 0 Å². The molecule has 11 N–H and O–H groups in total. The standard InChI is InChI=1S/C41H46N12O15S4/c1-69(58,59)34-24-30(44-38-46-36(48-40(50-38)52(16-20-54)17-21-55)42-28-8-12-32(13-9-28)70(60,61)62)6-4-26(34)2-3-27-5-7-31(25-35(27)72(66,67)68)45-39-47-37(49-41(51-39)53(18-22-56)19-23-57)43-29-10-14-33(15-11-29)71(63,64)65/h2-15,24-25,54-57H,16-23H2,1H3,(H,60,61,62)(H,63,64,65)(H,66,67,68)(H2,42,44,46,48,50)(H2,43,45,47,49,51)/b3-2+. The molecule has 72 heavy (non-hydrogen) atoms. The summed E-state index contributed by atoms with van der Waals surface area (Å²) in [5, 5.41) is 50.1. The van der Waals surface area contributed by atoms with Crippen LogP contribution < -0.4 is 31.1 Å². The van der Waals surface area contributed by atoms with E-state index in [1.807, 2.05) is 0 Å². The predicted molar refractivity (Wildman–Crippen MR) is 263 cm³/mol. The molecule has 0 saturated carbocycles. The molecule has 0 unspecified atom stereocenters. The summed E-state index contributed by atoms with van der Waals surface area (Å²) in [4.78, 5) is 27.3. The number of aromatic nitrogens is 6. The molecule has 6 rings (SSSR count). The molecule has 27 nitrogen and oxygen atoms in total. The first-order chi connectivity index (χ1) is 34.0. The van der Waals surface area contributed by atoms with Crippen LogP contribution in [0.1, 0.15) is 11.1 Å². The zero-order valence-corrected chi connectivity index (χ0v) is 40.8. The number of nitrogens with zero attached hydrogens (tertiary/aromatic N) is 8. The third-order valence-electron chi connectivity index (χ3n) is 9.77. The molecule has 4 aromatic carbocycles. The number of hydrogen-bond donors (Lipinski definition) is 11. The van der Waals surface area contributed by atoms with Gasteiger partial charge in [-0.3, -0.25) is 13.7 Å². The zero-order chi connectivity index (χ0) is 52.4. The number of sulfone groups is 1. The molecule has 384 valence electrons. The second kappa shape index (κ2) is 23.0. The normalized spacial score (nSPS) is 12.2. The summed E-state index contributed by atoms with van der Waals surface area (Å²) in [5.41, 5.74) is 0.710. The van der Waals surface area contributed by atoms with Gasteiger partial charge in [0.25, 0.3) is 30.4 Å². The molecule has 0 aliphatic rings. The van der Waals surface area contributed by atoms with Gasteiger partial charge in [0.2, 0.25) is 35.7 Å². The molecule has 2 heterocycles. The van der Waals surface area contributed by atoms with Gasteiger partial charge in [-0.25, -0.2) is 8.42 Å². The van der Waals surface area contributed by atoms with E-state index in [0.29, 0.717) is 0 Å². The van der Waals surface area contributed by atoms with Gasteiger partial charge in [0.05, 0.1) is 41.1 Å². The summed E-state index contributed by atoms with van der Waals surface area (Å²) in [5.74, 6) is -0.667. The lowest BCUT2D eigenvalue weighted by Gasteiger charge is -2.21. The van der Waals surface area contributed by atoms with Crippen LogP contribution in [0.15, 0.2) is 105 Å². The largest absolute Gasteiger partial charge is 0.395 e. The molecule has 6 aromatic rings. The van der Waals surface area contributed by atoms with Gasteiger partial charge in [0.1, 0.15) is 4.90 Å². The van der Waals surface area contributed by atoms with Crippen molar-refractivity contribution >= 4 is 111 Å². The van der Waals surface area contributed by atoms with Gasteiger partial charge in [-0.1, -0.05) is 24.3 Å².